The molecule has 33 heavy (non-hydrogen) atoms. The Hall–Kier alpha value is -2.67. The van der Waals surface area contributed by atoms with Gasteiger partial charge in [-0.25, -0.2) is 0 Å². The number of Topliss-reactive ketones (excluding diaryl/α,β-unsaturated/α-hetero) is 5. The summed E-state index contributed by atoms with van der Waals surface area (Å²) in [5.41, 5.74) is -14.8. The first-order valence-corrected chi connectivity index (χ1v) is 9.74. The number of hydrogen-bond donors (Lipinski definition) is 5. The molecule has 1 fully saturated rings. The van der Waals surface area contributed by atoms with Crippen molar-refractivity contribution in [2.45, 2.75) is 62.8 Å². The van der Waals surface area contributed by atoms with Gasteiger partial charge in [-0.2, -0.15) is 0 Å². The lowest BCUT2D eigenvalue weighted by Gasteiger charge is -2.63. The zero-order valence-electron chi connectivity index (χ0n) is 18.9. The molecule has 1 unspecified atom stereocenters. The molecule has 1 heterocycles. The lowest BCUT2D eigenvalue weighted by atomic mass is 9.53. The third kappa shape index (κ3) is 3.57. The Kier molecular flexibility index (Phi) is 7.99. The van der Waals surface area contributed by atoms with E-state index in [4.69, 9.17) is 4.74 Å². The fraction of sp³-hybridized carbons (Fsp3) is 0.500. The molecule has 0 bridgehead atoms. The monoisotopic (exact) mass is 468 g/mol. The van der Waals surface area contributed by atoms with Gasteiger partial charge in [0.2, 0.25) is 16.8 Å². The highest BCUT2D eigenvalue weighted by Crippen LogP contribution is 2.54. The summed E-state index contributed by atoms with van der Waals surface area (Å²) in [5.74, 6) is -11.5. The summed E-state index contributed by atoms with van der Waals surface area (Å²) in [4.78, 5) is 61.2. The van der Waals surface area contributed by atoms with Gasteiger partial charge >= 0.3 is 0 Å². The lowest BCUT2D eigenvalue weighted by molar-refractivity contribution is -0.409. The van der Waals surface area contributed by atoms with Crippen molar-refractivity contribution in [2.24, 2.45) is 0 Å². The highest BCUT2D eigenvalue weighted by molar-refractivity contribution is 6.12. The molecule has 0 saturated carbocycles. The Morgan fingerprint density at radius 2 is 0.909 bits per heavy atom. The van der Waals surface area contributed by atoms with E-state index in [1.54, 1.807) is 0 Å². The van der Waals surface area contributed by atoms with Crippen LogP contribution in [0, 0.1) is 0 Å². The summed E-state index contributed by atoms with van der Waals surface area (Å²) in [6, 6.07) is 12.0. The highest BCUT2D eigenvalue weighted by atomic mass is 16.7. The topological polar surface area (TPSA) is 196 Å². The zero-order valence-corrected chi connectivity index (χ0v) is 18.9. The molecular formula is C22H28O11. The van der Waals surface area contributed by atoms with Crippen molar-refractivity contribution in [3.8, 4) is 0 Å². The fourth-order valence-electron chi connectivity index (χ4n) is 4.04. The molecule has 1 saturated heterocycles. The number of ketones is 5. The quantitative estimate of drug-likeness (QED) is 0.318. The zero-order chi connectivity index (χ0) is 26.0. The van der Waals surface area contributed by atoms with Crippen molar-refractivity contribution < 1.29 is 54.2 Å². The SMILES string of the molecule is CC(=O)C1(O)O[C@@](CO)(C(C)=O)[C@](O)(C(C)=O)[C@@](O)(C(C)=O)[C@@]1(O)C(C)=O.c1ccccc1. The van der Waals surface area contributed by atoms with E-state index in [0.717, 1.165) is 0 Å². The number of carbonyl (C=O) groups excluding carboxylic acids is 5. The van der Waals surface area contributed by atoms with Crippen molar-refractivity contribution >= 4 is 28.9 Å². The van der Waals surface area contributed by atoms with Gasteiger partial charge in [0, 0.05) is 6.92 Å². The molecule has 2 rings (SSSR count). The standard InChI is InChI=1S/C16H22O11.C6H6/c1-7(18)12(6-17)13(23,8(2)19)14(24,9(3)20)15(25,10(4)21)16(26,27-12)11(5)22;1-2-4-6-5-3-1/h17,23-26H,6H2,1-5H3;1-6H/t12-,13+,14-,15-,16?;/m0./s1. The number of carbonyl (C=O) groups is 5. The van der Waals surface area contributed by atoms with Crippen LogP contribution in [0.5, 0.6) is 0 Å². The molecule has 11 heteroatoms. The van der Waals surface area contributed by atoms with Crippen LogP contribution >= 0.6 is 0 Å². The van der Waals surface area contributed by atoms with E-state index >= 15 is 0 Å². The summed E-state index contributed by atoms with van der Waals surface area (Å²) >= 11 is 0. The van der Waals surface area contributed by atoms with Crippen LogP contribution < -0.4 is 0 Å². The maximum absolute atomic E-state index is 12.4. The molecule has 1 aromatic carbocycles. The average Bonchev–Trinajstić information content (AvgIpc) is 2.75. The molecule has 1 aromatic rings. The second kappa shape index (κ2) is 9.29. The van der Waals surface area contributed by atoms with Gasteiger partial charge in [0.1, 0.15) is 0 Å². The normalized spacial score (nSPS) is 35.6. The molecule has 0 spiro atoms. The van der Waals surface area contributed by atoms with Crippen LogP contribution in [0.25, 0.3) is 0 Å². The molecule has 0 aromatic heterocycles. The summed E-state index contributed by atoms with van der Waals surface area (Å²) in [6.07, 6.45) is 0. The van der Waals surface area contributed by atoms with Crippen molar-refractivity contribution in [2.75, 3.05) is 6.61 Å². The van der Waals surface area contributed by atoms with Crippen LogP contribution in [0.4, 0.5) is 0 Å². The van der Waals surface area contributed by atoms with Gasteiger partial charge in [0.15, 0.2) is 34.5 Å². The van der Waals surface area contributed by atoms with Crippen LogP contribution in [0.3, 0.4) is 0 Å². The van der Waals surface area contributed by atoms with Crippen LogP contribution in [0.2, 0.25) is 0 Å². The third-order valence-corrected chi connectivity index (χ3v) is 5.91. The first-order valence-electron chi connectivity index (χ1n) is 9.74. The molecular weight excluding hydrogens is 440 g/mol. The third-order valence-electron chi connectivity index (χ3n) is 5.91. The Labute approximate surface area is 189 Å². The molecule has 1 aliphatic heterocycles. The minimum absolute atomic E-state index is 0.538. The van der Waals surface area contributed by atoms with E-state index in [1.807, 2.05) is 36.4 Å². The minimum Gasteiger partial charge on any atom is -0.393 e. The van der Waals surface area contributed by atoms with Gasteiger partial charge in [-0.1, -0.05) is 36.4 Å². The predicted molar refractivity (Wildman–Crippen MR) is 111 cm³/mol. The van der Waals surface area contributed by atoms with E-state index in [9.17, 15) is 49.5 Å². The van der Waals surface area contributed by atoms with Gasteiger partial charge < -0.3 is 30.3 Å². The first kappa shape index (κ1) is 28.4. The van der Waals surface area contributed by atoms with E-state index in [1.165, 1.54) is 0 Å². The smallest absolute Gasteiger partial charge is 0.268 e. The summed E-state index contributed by atoms with van der Waals surface area (Å²) < 4.78 is 4.89. The van der Waals surface area contributed by atoms with Crippen molar-refractivity contribution in [1.82, 2.24) is 0 Å². The van der Waals surface area contributed by atoms with Gasteiger partial charge in [-0.15, -0.1) is 0 Å². The van der Waals surface area contributed by atoms with Crippen molar-refractivity contribution in [3.63, 3.8) is 0 Å². The second-order valence-electron chi connectivity index (χ2n) is 7.80. The van der Waals surface area contributed by atoms with Gasteiger partial charge in [0.25, 0.3) is 5.79 Å². The molecule has 11 nitrogen and oxygen atoms in total. The maximum atomic E-state index is 12.4. The Bertz CT molecular complexity index is 934. The van der Waals surface area contributed by atoms with Crippen LogP contribution in [-0.4, -0.2) is 89.2 Å². The van der Waals surface area contributed by atoms with E-state index in [-0.39, 0.29) is 0 Å². The van der Waals surface area contributed by atoms with E-state index in [0.29, 0.717) is 34.6 Å². The Morgan fingerprint density at radius 3 is 1.12 bits per heavy atom. The molecule has 1 aliphatic rings. The number of rotatable bonds is 6. The maximum Gasteiger partial charge on any atom is 0.268 e. The lowest BCUT2D eigenvalue weighted by Crippen LogP contribution is -2.94. The number of ether oxygens (including phenoxy) is 1. The molecule has 182 valence electrons. The molecule has 5 N–H and O–H groups in total. The van der Waals surface area contributed by atoms with E-state index in [2.05, 4.69) is 0 Å². The number of aliphatic hydroxyl groups is 5. The Morgan fingerprint density at radius 1 is 0.576 bits per heavy atom. The number of benzene rings is 1. The van der Waals surface area contributed by atoms with Crippen LogP contribution in [0.1, 0.15) is 34.6 Å². The fourth-order valence-corrected chi connectivity index (χ4v) is 4.04. The highest BCUT2D eigenvalue weighted by Gasteiger charge is 2.88. The van der Waals surface area contributed by atoms with Gasteiger partial charge in [-0.05, 0) is 27.7 Å². The minimum atomic E-state index is -3.94. The summed E-state index contributed by atoms with van der Waals surface area (Å²) in [7, 11) is 0. The van der Waals surface area contributed by atoms with Gasteiger partial charge in [0.05, 0.1) is 6.61 Å². The van der Waals surface area contributed by atoms with Crippen LogP contribution in [-0.2, 0) is 28.7 Å². The summed E-state index contributed by atoms with van der Waals surface area (Å²) in [6.45, 7) is 1.33. The first-order chi connectivity index (χ1) is 15.0. The van der Waals surface area contributed by atoms with Crippen LogP contribution in [0.15, 0.2) is 36.4 Å². The molecule has 0 radical (unpaired) electrons. The predicted octanol–water partition coefficient (Wildman–Crippen LogP) is -1.74. The van der Waals surface area contributed by atoms with Crippen molar-refractivity contribution in [3.05, 3.63) is 36.4 Å². The average molecular weight is 468 g/mol. The largest absolute Gasteiger partial charge is 0.393 e. The van der Waals surface area contributed by atoms with Gasteiger partial charge in [-0.3, -0.25) is 24.0 Å². The second-order valence-corrected chi connectivity index (χ2v) is 7.80. The molecule has 5 atom stereocenters. The Balaban J connectivity index is 0.000000779. The van der Waals surface area contributed by atoms with Crippen molar-refractivity contribution in [1.29, 1.82) is 0 Å². The number of aliphatic hydroxyl groups excluding tert-OH is 1. The molecule has 0 aliphatic carbocycles. The summed E-state index contributed by atoms with van der Waals surface area (Å²) in [5, 5.41) is 53.5. The molecule has 0 amide bonds. The number of hydrogen-bond acceptors (Lipinski definition) is 11. The van der Waals surface area contributed by atoms with E-state index < -0.39 is 63.7 Å².